The first-order chi connectivity index (χ1) is 17.0. The molecule has 0 N–H and O–H groups in total. The van der Waals surface area contributed by atoms with Crippen LogP contribution in [0, 0.1) is 5.92 Å². The van der Waals surface area contributed by atoms with Crippen LogP contribution in [0.25, 0.3) is 0 Å². The molecule has 2 atom stereocenters. The Bertz CT molecular complexity index is 596. The first kappa shape index (κ1) is 30.4. The molecule has 0 amide bonds. The van der Waals surface area contributed by atoms with Gasteiger partial charge in [-0.2, -0.15) is 0 Å². The fourth-order valence-corrected chi connectivity index (χ4v) is 5.70. The fourth-order valence-electron chi connectivity index (χ4n) is 5.70. The van der Waals surface area contributed by atoms with Gasteiger partial charge in [0.15, 0.2) is 5.76 Å². The molecule has 2 heterocycles. The van der Waals surface area contributed by atoms with E-state index < -0.39 is 5.60 Å². The monoisotopic (exact) mass is 491 g/mol. The van der Waals surface area contributed by atoms with Crippen molar-refractivity contribution < 1.29 is 14.3 Å². The topological polar surface area (TPSA) is 38.8 Å². The predicted octanol–water partition coefficient (Wildman–Crippen LogP) is 8.24. The van der Waals surface area contributed by atoms with Crippen molar-refractivity contribution in [3.8, 4) is 0 Å². The van der Waals surface area contributed by atoms with Crippen LogP contribution in [0.2, 0.25) is 0 Å². The average molecular weight is 492 g/mol. The Hall–Kier alpha value is -0.870. The maximum absolute atomic E-state index is 13.8. The summed E-state index contributed by atoms with van der Waals surface area (Å²) in [6.07, 6.45) is 22.6. The smallest absolute Gasteiger partial charge is 0.230 e. The van der Waals surface area contributed by atoms with E-state index in [9.17, 15) is 4.79 Å². The number of ketones is 1. The zero-order valence-corrected chi connectivity index (χ0v) is 23.8. The van der Waals surface area contributed by atoms with E-state index >= 15 is 0 Å². The molecule has 0 bridgehead atoms. The van der Waals surface area contributed by atoms with Crippen molar-refractivity contribution >= 4 is 5.78 Å². The standard InChI is InChI=1S/C31H57NO3/c1-5-8-10-11-12-13-14-16-18-28(17-15-9-6-2)35-29-21-25-34-31(22-7-3,30(29)33)26-32-23-19-27(4)20-24-32/h21,27-28H,5-20,22-26H2,1-4H3. The lowest BCUT2D eigenvalue weighted by Gasteiger charge is -2.41. The van der Waals surface area contributed by atoms with E-state index in [0.29, 0.717) is 18.9 Å². The lowest BCUT2D eigenvalue weighted by atomic mass is 9.87. The highest BCUT2D eigenvalue weighted by Gasteiger charge is 2.45. The second-order valence-corrected chi connectivity index (χ2v) is 11.4. The van der Waals surface area contributed by atoms with Crippen LogP contribution in [0.3, 0.4) is 0 Å². The number of hydrogen-bond acceptors (Lipinski definition) is 4. The van der Waals surface area contributed by atoms with Gasteiger partial charge in [0.2, 0.25) is 5.78 Å². The summed E-state index contributed by atoms with van der Waals surface area (Å²) < 4.78 is 12.8. The molecule has 1 fully saturated rings. The van der Waals surface area contributed by atoms with Gasteiger partial charge in [-0.1, -0.05) is 91.9 Å². The Morgan fingerprint density at radius 3 is 2.11 bits per heavy atom. The summed E-state index contributed by atoms with van der Waals surface area (Å²) in [5.74, 6) is 1.48. The van der Waals surface area contributed by atoms with E-state index in [1.54, 1.807) is 0 Å². The van der Waals surface area contributed by atoms with E-state index in [0.717, 1.165) is 44.7 Å². The number of carbonyl (C=O) groups excluding carboxylic acids is 1. The summed E-state index contributed by atoms with van der Waals surface area (Å²) >= 11 is 0. The maximum atomic E-state index is 13.8. The Balaban J connectivity index is 1.92. The number of hydrogen-bond donors (Lipinski definition) is 0. The predicted molar refractivity (Wildman–Crippen MR) is 148 cm³/mol. The molecule has 1 saturated heterocycles. The van der Waals surface area contributed by atoms with Gasteiger partial charge >= 0.3 is 0 Å². The number of carbonyl (C=O) groups is 1. The van der Waals surface area contributed by atoms with Crippen molar-refractivity contribution in [1.29, 1.82) is 0 Å². The normalized spacial score (nSPS) is 22.9. The molecule has 0 aromatic rings. The number of ether oxygens (including phenoxy) is 2. The largest absolute Gasteiger partial charge is 0.487 e. The Morgan fingerprint density at radius 1 is 0.914 bits per heavy atom. The Morgan fingerprint density at radius 2 is 1.49 bits per heavy atom. The van der Waals surface area contributed by atoms with Gasteiger partial charge in [-0.05, 0) is 70.0 Å². The van der Waals surface area contributed by atoms with Gasteiger partial charge < -0.3 is 9.47 Å². The number of rotatable bonds is 19. The molecule has 0 aromatic carbocycles. The van der Waals surface area contributed by atoms with Gasteiger partial charge in [-0.15, -0.1) is 0 Å². The van der Waals surface area contributed by atoms with Crippen molar-refractivity contribution in [2.24, 2.45) is 5.92 Å². The van der Waals surface area contributed by atoms with Crippen LogP contribution < -0.4 is 0 Å². The average Bonchev–Trinajstić information content (AvgIpc) is 2.85. The van der Waals surface area contributed by atoms with Gasteiger partial charge in [0.05, 0.1) is 12.7 Å². The molecule has 2 rings (SSSR count). The van der Waals surface area contributed by atoms with Crippen LogP contribution in [0.1, 0.15) is 137 Å². The minimum Gasteiger partial charge on any atom is -0.487 e. The summed E-state index contributed by atoms with van der Waals surface area (Å²) in [7, 11) is 0. The van der Waals surface area contributed by atoms with E-state index in [2.05, 4.69) is 32.6 Å². The Labute approximate surface area is 217 Å². The molecule has 35 heavy (non-hydrogen) atoms. The molecule has 2 unspecified atom stereocenters. The van der Waals surface area contributed by atoms with Gasteiger partial charge in [0, 0.05) is 6.54 Å². The van der Waals surface area contributed by atoms with E-state index in [1.165, 1.54) is 83.5 Å². The first-order valence-electron chi connectivity index (χ1n) is 15.3. The summed E-state index contributed by atoms with van der Waals surface area (Å²) in [6.45, 7) is 12.4. The highest BCUT2D eigenvalue weighted by Crippen LogP contribution is 2.32. The quantitative estimate of drug-likeness (QED) is 0.171. The summed E-state index contributed by atoms with van der Waals surface area (Å²) in [4.78, 5) is 16.3. The van der Waals surface area contributed by atoms with E-state index in [4.69, 9.17) is 9.47 Å². The lowest BCUT2D eigenvalue weighted by Crippen LogP contribution is -2.55. The van der Waals surface area contributed by atoms with Gasteiger partial charge in [0.25, 0.3) is 0 Å². The highest BCUT2D eigenvalue weighted by molar-refractivity contribution is 6.01. The van der Waals surface area contributed by atoms with Gasteiger partial charge in [-0.25, -0.2) is 0 Å². The van der Waals surface area contributed by atoms with Crippen molar-refractivity contribution in [2.45, 2.75) is 149 Å². The van der Waals surface area contributed by atoms with Gasteiger partial charge in [-0.3, -0.25) is 9.69 Å². The number of nitrogens with zero attached hydrogens (tertiary/aromatic N) is 1. The van der Waals surface area contributed by atoms with E-state index in [-0.39, 0.29) is 11.9 Å². The molecule has 4 nitrogen and oxygen atoms in total. The third-order valence-electron chi connectivity index (χ3n) is 8.08. The molecule has 0 aromatic heterocycles. The van der Waals surface area contributed by atoms with Crippen LogP contribution in [0.4, 0.5) is 0 Å². The first-order valence-corrected chi connectivity index (χ1v) is 15.3. The molecule has 204 valence electrons. The molecule has 0 spiro atoms. The molecule has 0 saturated carbocycles. The molecule has 4 heteroatoms. The van der Waals surface area contributed by atoms with Crippen molar-refractivity contribution in [1.82, 2.24) is 4.90 Å². The van der Waals surface area contributed by atoms with Crippen LogP contribution in [-0.4, -0.2) is 48.6 Å². The molecular formula is C31H57NO3. The van der Waals surface area contributed by atoms with Gasteiger partial charge in [0.1, 0.15) is 5.60 Å². The zero-order valence-electron chi connectivity index (χ0n) is 23.8. The highest BCUT2D eigenvalue weighted by atomic mass is 16.5. The minimum absolute atomic E-state index is 0.0978. The fraction of sp³-hybridized carbons (Fsp3) is 0.903. The second kappa shape index (κ2) is 17.6. The van der Waals surface area contributed by atoms with Crippen molar-refractivity contribution in [3.05, 3.63) is 11.8 Å². The lowest BCUT2D eigenvalue weighted by molar-refractivity contribution is -0.152. The zero-order chi connectivity index (χ0) is 25.4. The van der Waals surface area contributed by atoms with Crippen LogP contribution in [0.15, 0.2) is 11.8 Å². The number of Topliss-reactive ketones (excluding diaryl/α,β-unsaturated/α-hetero) is 1. The SMILES string of the molecule is CCCCCCCCCCC(CCCCC)OC1=CCOC(CCC)(CN2CCC(C)CC2)C1=O. The van der Waals surface area contributed by atoms with Crippen molar-refractivity contribution in [3.63, 3.8) is 0 Å². The van der Waals surface area contributed by atoms with Crippen LogP contribution >= 0.6 is 0 Å². The third kappa shape index (κ3) is 11.0. The summed E-state index contributed by atoms with van der Waals surface area (Å²) in [5.41, 5.74) is -0.730. The molecule has 2 aliphatic heterocycles. The van der Waals surface area contributed by atoms with Crippen LogP contribution in [0.5, 0.6) is 0 Å². The Kier molecular flexibility index (Phi) is 15.2. The molecule has 0 aliphatic carbocycles. The van der Waals surface area contributed by atoms with Crippen molar-refractivity contribution in [2.75, 3.05) is 26.2 Å². The molecule has 0 radical (unpaired) electrons. The molecular weight excluding hydrogens is 434 g/mol. The molecule has 2 aliphatic rings. The van der Waals surface area contributed by atoms with E-state index in [1.807, 2.05) is 6.08 Å². The minimum atomic E-state index is -0.730. The third-order valence-corrected chi connectivity index (χ3v) is 8.08. The number of likely N-dealkylation sites (tertiary alicyclic amines) is 1. The summed E-state index contributed by atoms with van der Waals surface area (Å²) in [6, 6.07) is 0. The summed E-state index contributed by atoms with van der Waals surface area (Å²) in [5, 5.41) is 0. The number of piperidine rings is 1. The van der Waals surface area contributed by atoms with Crippen LogP contribution in [-0.2, 0) is 14.3 Å². The maximum Gasteiger partial charge on any atom is 0.230 e. The number of unbranched alkanes of at least 4 members (excludes halogenated alkanes) is 9. The second-order valence-electron chi connectivity index (χ2n) is 11.4.